The molecule has 1 aliphatic heterocycles. The summed E-state index contributed by atoms with van der Waals surface area (Å²) in [6.07, 6.45) is 0. The summed E-state index contributed by atoms with van der Waals surface area (Å²) < 4.78 is 0.853. The lowest BCUT2D eigenvalue weighted by Crippen LogP contribution is -2.29. The Morgan fingerprint density at radius 3 is 2.10 bits per heavy atom. The zero-order chi connectivity index (χ0) is 21.4. The number of phenols is 1. The van der Waals surface area contributed by atoms with Crippen LogP contribution in [0.15, 0.2) is 82.8 Å². The van der Waals surface area contributed by atoms with Gasteiger partial charge in [-0.2, -0.15) is 0 Å². The van der Waals surface area contributed by atoms with Crippen LogP contribution in [0.4, 0.5) is 5.69 Å². The van der Waals surface area contributed by atoms with Gasteiger partial charge in [0.2, 0.25) is 0 Å². The second kappa shape index (κ2) is 7.80. The quantitative estimate of drug-likeness (QED) is 0.322. The molecule has 0 radical (unpaired) electrons. The Bertz CT molecular complexity index is 1150. The minimum Gasteiger partial charge on any atom is -0.508 e. The second-order valence-electron chi connectivity index (χ2n) is 7.10. The first kappa shape index (κ1) is 19.9. The van der Waals surface area contributed by atoms with Gasteiger partial charge in [-0.1, -0.05) is 57.9 Å². The number of aliphatic hydroxyl groups is 1. The topological polar surface area (TPSA) is 77.8 Å². The number of carbonyl (C=O) groups is 2. The molecule has 4 rings (SSSR count). The number of aryl methyl sites for hydroxylation is 1. The van der Waals surface area contributed by atoms with Gasteiger partial charge in [-0.15, -0.1) is 0 Å². The largest absolute Gasteiger partial charge is 0.508 e. The molecule has 3 aromatic carbocycles. The highest BCUT2D eigenvalue weighted by Crippen LogP contribution is 2.42. The van der Waals surface area contributed by atoms with Crippen LogP contribution in [0.1, 0.15) is 22.7 Å². The van der Waals surface area contributed by atoms with E-state index in [1.54, 1.807) is 36.4 Å². The maximum absolute atomic E-state index is 13.0. The molecule has 1 atom stereocenters. The molecule has 1 amide bonds. The summed E-state index contributed by atoms with van der Waals surface area (Å²) in [6.45, 7) is 1.93. The molecule has 0 aromatic heterocycles. The average molecular weight is 464 g/mol. The zero-order valence-electron chi connectivity index (χ0n) is 16.0. The fourth-order valence-electron chi connectivity index (χ4n) is 3.54. The van der Waals surface area contributed by atoms with Crippen molar-refractivity contribution in [2.75, 3.05) is 4.90 Å². The number of benzene rings is 3. The van der Waals surface area contributed by atoms with Crippen LogP contribution in [0.5, 0.6) is 5.75 Å². The third-order valence-electron chi connectivity index (χ3n) is 5.08. The van der Waals surface area contributed by atoms with Crippen molar-refractivity contribution in [1.82, 2.24) is 0 Å². The highest BCUT2D eigenvalue weighted by molar-refractivity contribution is 9.10. The number of amides is 1. The van der Waals surface area contributed by atoms with E-state index in [9.17, 15) is 19.8 Å². The van der Waals surface area contributed by atoms with E-state index in [4.69, 9.17) is 0 Å². The van der Waals surface area contributed by atoms with Gasteiger partial charge in [-0.3, -0.25) is 14.5 Å². The molecule has 3 aromatic rings. The molecule has 6 heteroatoms. The monoisotopic (exact) mass is 463 g/mol. The first-order valence-electron chi connectivity index (χ1n) is 9.29. The van der Waals surface area contributed by atoms with E-state index in [2.05, 4.69) is 15.9 Å². The van der Waals surface area contributed by atoms with Gasteiger partial charge in [0.15, 0.2) is 0 Å². The van der Waals surface area contributed by atoms with Crippen LogP contribution in [0.2, 0.25) is 0 Å². The molecule has 1 aliphatic rings. The van der Waals surface area contributed by atoms with Gasteiger partial charge < -0.3 is 10.2 Å². The number of rotatable bonds is 3. The van der Waals surface area contributed by atoms with Crippen LogP contribution >= 0.6 is 15.9 Å². The Balaban J connectivity index is 1.93. The van der Waals surface area contributed by atoms with Crippen LogP contribution in [-0.4, -0.2) is 21.9 Å². The summed E-state index contributed by atoms with van der Waals surface area (Å²) in [5.41, 5.74) is 2.64. The van der Waals surface area contributed by atoms with Gasteiger partial charge in [-0.25, -0.2) is 0 Å². The number of Topliss-reactive ketones (excluding diaryl/α,β-unsaturated/α-hetero) is 1. The lowest BCUT2D eigenvalue weighted by Gasteiger charge is -2.25. The maximum Gasteiger partial charge on any atom is 0.300 e. The van der Waals surface area contributed by atoms with Crippen molar-refractivity contribution in [3.05, 3.63) is 99.5 Å². The van der Waals surface area contributed by atoms with Crippen molar-refractivity contribution >= 4 is 39.1 Å². The Labute approximate surface area is 182 Å². The van der Waals surface area contributed by atoms with Crippen LogP contribution in [0.3, 0.4) is 0 Å². The summed E-state index contributed by atoms with van der Waals surface area (Å²) in [6, 6.07) is 19.6. The van der Waals surface area contributed by atoms with Crippen LogP contribution in [-0.2, 0) is 9.59 Å². The lowest BCUT2D eigenvalue weighted by atomic mass is 9.95. The number of hydrogen-bond acceptors (Lipinski definition) is 4. The van der Waals surface area contributed by atoms with Gasteiger partial charge in [0.25, 0.3) is 11.7 Å². The number of phenolic OH excluding ortho intramolecular Hbond substituents is 1. The number of ketones is 1. The number of hydrogen-bond donors (Lipinski definition) is 2. The molecule has 30 heavy (non-hydrogen) atoms. The number of anilines is 1. The lowest BCUT2D eigenvalue weighted by molar-refractivity contribution is -0.132. The molecule has 5 nitrogen and oxygen atoms in total. The fourth-order valence-corrected chi connectivity index (χ4v) is 3.80. The second-order valence-corrected chi connectivity index (χ2v) is 8.02. The zero-order valence-corrected chi connectivity index (χ0v) is 17.6. The summed E-state index contributed by atoms with van der Waals surface area (Å²) in [4.78, 5) is 27.4. The van der Waals surface area contributed by atoms with Crippen LogP contribution in [0.25, 0.3) is 5.76 Å². The van der Waals surface area contributed by atoms with Gasteiger partial charge in [0, 0.05) is 15.7 Å². The number of nitrogens with zero attached hydrogens (tertiary/aromatic N) is 1. The minimum atomic E-state index is -0.802. The predicted octanol–water partition coefficient (Wildman–Crippen LogP) is 5.09. The van der Waals surface area contributed by atoms with Crippen LogP contribution < -0.4 is 4.90 Å². The Hall–Kier alpha value is -3.38. The minimum absolute atomic E-state index is 0.0271. The Kier molecular flexibility index (Phi) is 5.18. The SMILES string of the molecule is Cc1ccc(/C(O)=C2\C(=O)C(=O)N(c3ccc(O)cc3)C2c2ccc(Br)cc2)cc1. The number of carbonyl (C=O) groups excluding carboxylic acids is 2. The molecule has 1 fully saturated rings. The van der Waals surface area contributed by atoms with Crippen molar-refractivity contribution in [2.24, 2.45) is 0 Å². The molecular formula is C24H18BrNO4. The predicted molar refractivity (Wildman–Crippen MR) is 118 cm³/mol. The third-order valence-corrected chi connectivity index (χ3v) is 5.61. The normalized spacial score (nSPS) is 18.1. The molecule has 1 unspecified atom stereocenters. The van der Waals surface area contributed by atoms with Crippen molar-refractivity contribution < 1.29 is 19.8 Å². The Morgan fingerprint density at radius 1 is 0.900 bits per heavy atom. The number of halogens is 1. The van der Waals surface area contributed by atoms with Crippen molar-refractivity contribution in [3.63, 3.8) is 0 Å². The maximum atomic E-state index is 13.0. The van der Waals surface area contributed by atoms with Gasteiger partial charge in [0.05, 0.1) is 11.6 Å². The summed E-state index contributed by atoms with van der Waals surface area (Å²) in [7, 11) is 0. The standard InChI is InChI=1S/C24H18BrNO4/c1-14-2-4-16(5-3-14)22(28)20-21(15-6-8-17(25)9-7-15)26(24(30)23(20)29)18-10-12-19(27)13-11-18/h2-13,21,27-28H,1H3/b22-20+. The van der Waals surface area contributed by atoms with E-state index in [0.29, 0.717) is 16.8 Å². The van der Waals surface area contributed by atoms with Crippen LogP contribution in [0, 0.1) is 6.92 Å². The molecule has 0 bridgehead atoms. The van der Waals surface area contributed by atoms with E-state index in [0.717, 1.165) is 10.0 Å². The molecule has 0 saturated carbocycles. The first-order chi connectivity index (χ1) is 14.4. The first-order valence-corrected chi connectivity index (χ1v) is 10.1. The summed E-state index contributed by atoms with van der Waals surface area (Å²) in [5, 5.41) is 20.6. The van der Waals surface area contributed by atoms with E-state index in [1.807, 2.05) is 31.2 Å². The van der Waals surface area contributed by atoms with Gasteiger partial charge in [-0.05, 0) is 48.9 Å². The highest BCUT2D eigenvalue weighted by Gasteiger charge is 2.46. The highest BCUT2D eigenvalue weighted by atomic mass is 79.9. The molecule has 150 valence electrons. The Morgan fingerprint density at radius 2 is 1.50 bits per heavy atom. The molecule has 2 N–H and O–H groups in total. The van der Waals surface area contributed by atoms with Crippen molar-refractivity contribution in [1.29, 1.82) is 0 Å². The molecule has 0 spiro atoms. The number of aromatic hydroxyl groups is 1. The van der Waals surface area contributed by atoms with Gasteiger partial charge in [0.1, 0.15) is 11.5 Å². The third kappa shape index (κ3) is 3.50. The molecule has 1 heterocycles. The van der Waals surface area contributed by atoms with E-state index >= 15 is 0 Å². The molecular weight excluding hydrogens is 446 g/mol. The van der Waals surface area contributed by atoms with E-state index in [1.165, 1.54) is 17.0 Å². The van der Waals surface area contributed by atoms with E-state index in [-0.39, 0.29) is 17.1 Å². The molecule has 1 saturated heterocycles. The smallest absolute Gasteiger partial charge is 0.300 e. The average Bonchev–Trinajstić information content (AvgIpc) is 3.00. The van der Waals surface area contributed by atoms with E-state index < -0.39 is 17.7 Å². The van der Waals surface area contributed by atoms with Crippen molar-refractivity contribution in [2.45, 2.75) is 13.0 Å². The fraction of sp³-hybridized carbons (Fsp3) is 0.0833. The number of aliphatic hydroxyl groups excluding tert-OH is 1. The summed E-state index contributed by atoms with van der Waals surface area (Å²) in [5.74, 6) is -1.66. The summed E-state index contributed by atoms with van der Waals surface area (Å²) >= 11 is 3.40. The molecule has 0 aliphatic carbocycles. The van der Waals surface area contributed by atoms with Gasteiger partial charge >= 0.3 is 0 Å². The van der Waals surface area contributed by atoms with Crippen molar-refractivity contribution in [3.8, 4) is 5.75 Å².